The van der Waals surface area contributed by atoms with Gasteiger partial charge in [-0.1, -0.05) is 11.3 Å². The van der Waals surface area contributed by atoms with E-state index in [2.05, 4.69) is 25.7 Å². The molecule has 0 aliphatic carbocycles. The van der Waals surface area contributed by atoms with Gasteiger partial charge in [0.15, 0.2) is 0 Å². The zero-order chi connectivity index (χ0) is 13.1. The number of hydrogen-bond acceptors (Lipinski definition) is 4. The van der Waals surface area contributed by atoms with Crippen LogP contribution in [0.2, 0.25) is 0 Å². The van der Waals surface area contributed by atoms with Gasteiger partial charge in [0.25, 0.3) is 5.19 Å². The molecule has 2 rings (SSSR count). The molecular weight excluding hydrogens is 230 g/mol. The topological polar surface area (TPSA) is 31.4 Å². The molecule has 2 heterocycles. The van der Waals surface area contributed by atoms with E-state index in [1.54, 1.807) is 0 Å². The smallest absolute Gasteiger partial charge is 0.274 e. The van der Waals surface area contributed by atoms with Crippen molar-refractivity contribution in [2.45, 2.75) is 6.08 Å². The number of thiazole rings is 1. The van der Waals surface area contributed by atoms with Gasteiger partial charge in [0.1, 0.15) is 6.08 Å². The number of rotatable bonds is 2. The number of hydrogen-bond donors (Lipinski definition) is 0. The molecule has 0 amide bonds. The summed E-state index contributed by atoms with van der Waals surface area (Å²) in [5.74, 6) is 0. The Balaban J connectivity index is 2.28. The standard InChI is InChI=1S/C6H6BrNO2S/c7-5-1-8-6(11-5)10-4-2-9-3-4/h1,4H,2-3H2/i1D,2D2,3D2,4D. The summed E-state index contributed by atoms with van der Waals surface area (Å²) < 4.78 is 53.8. The van der Waals surface area contributed by atoms with Crippen molar-refractivity contribution in [2.75, 3.05) is 13.1 Å². The van der Waals surface area contributed by atoms with Crippen LogP contribution in [0.4, 0.5) is 0 Å². The van der Waals surface area contributed by atoms with Crippen LogP contribution in [0, 0.1) is 0 Å². The van der Waals surface area contributed by atoms with Gasteiger partial charge in [0.2, 0.25) is 0 Å². The van der Waals surface area contributed by atoms with E-state index in [4.69, 9.17) is 13.0 Å². The Morgan fingerprint density at radius 3 is 3.45 bits per heavy atom. The highest BCUT2D eigenvalue weighted by atomic mass is 79.9. The molecule has 5 heteroatoms. The summed E-state index contributed by atoms with van der Waals surface area (Å²) in [5, 5.41) is -0.159. The monoisotopic (exact) mass is 241 g/mol. The van der Waals surface area contributed by atoms with Gasteiger partial charge in [0, 0.05) is 0 Å². The van der Waals surface area contributed by atoms with Crippen molar-refractivity contribution in [3.05, 3.63) is 9.96 Å². The molecule has 1 saturated heterocycles. The zero-order valence-electron chi connectivity index (χ0n) is 11.0. The van der Waals surface area contributed by atoms with Gasteiger partial charge >= 0.3 is 0 Å². The van der Waals surface area contributed by atoms with Gasteiger partial charge < -0.3 is 9.47 Å². The lowest BCUT2D eigenvalue weighted by Gasteiger charge is -2.24. The van der Waals surface area contributed by atoms with E-state index in [0.717, 1.165) is 11.3 Å². The fourth-order valence-corrected chi connectivity index (χ4v) is 1.44. The van der Waals surface area contributed by atoms with E-state index >= 15 is 0 Å². The van der Waals surface area contributed by atoms with Gasteiger partial charge in [-0.05, 0) is 15.9 Å². The molecule has 0 atom stereocenters. The molecule has 0 N–H and O–H groups in total. The zero-order valence-corrected chi connectivity index (χ0v) is 7.45. The minimum absolute atomic E-state index is 0.116. The highest BCUT2D eigenvalue weighted by Gasteiger charge is 2.21. The van der Waals surface area contributed by atoms with Crippen molar-refractivity contribution in [1.29, 1.82) is 0 Å². The number of ether oxygens (including phenoxy) is 2. The third kappa shape index (κ3) is 1.72. The Hall–Kier alpha value is -0.130. The molecule has 1 aliphatic rings. The first-order valence-corrected chi connectivity index (χ1v) is 4.22. The largest absolute Gasteiger partial charge is 0.462 e. The molecule has 0 aromatic carbocycles. The number of nitrogens with zero attached hydrogens (tertiary/aromatic N) is 1. The third-order valence-corrected chi connectivity index (χ3v) is 2.17. The molecule has 1 fully saturated rings. The predicted octanol–water partition coefficient (Wildman–Crippen LogP) is 1.68. The van der Waals surface area contributed by atoms with E-state index in [9.17, 15) is 0 Å². The molecule has 0 saturated carbocycles. The fourth-order valence-electron chi connectivity index (χ4n) is 0.477. The molecule has 0 unspecified atom stereocenters. The van der Waals surface area contributed by atoms with Crippen LogP contribution in [-0.2, 0) is 4.74 Å². The lowest BCUT2D eigenvalue weighted by atomic mass is 10.3. The molecule has 0 radical (unpaired) electrons. The molecule has 3 nitrogen and oxygen atoms in total. The average molecular weight is 242 g/mol. The Kier molecular flexibility index (Phi) is 0.929. The second kappa shape index (κ2) is 3.08. The predicted molar refractivity (Wildman–Crippen MR) is 45.0 cm³/mol. The normalized spacial score (nSPS) is 37.9. The van der Waals surface area contributed by atoms with E-state index in [-0.39, 0.29) is 11.4 Å². The molecular formula is C6H6BrNO2S. The SMILES string of the molecule is [2H]c1nc(OC2([2H])C([2H])([2H])OC2([2H])[2H])sc1Br. The molecule has 1 aromatic rings. The quantitative estimate of drug-likeness (QED) is 0.790. The lowest BCUT2D eigenvalue weighted by molar-refractivity contribution is -0.0797. The molecule has 0 spiro atoms. The molecule has 1 aliphatic heterocycles. The Morgan fingerprint density at radius 1 is 2.09 bits per heavy atom. The summed E-state index contributed by atoms with van der Waals surface area (Å²) in [6.45, 7) is -5.15. The summed E-state index contributed by atoms with van der Waals surface area (Å²) >= 11 is 3.91. The van der Waals surface area contributed by atoms with Crippen molar-refractivity contribution < 1.29 is 17.7 Å². The van der Waals surface area contributed by atoms with Crippen molar-refractivity contribution in [1.82, 2.24) is 4.98 Å². The minimum Gasteiger partial charge on any atom is -0.462 e. The maximum Gasteiger partial charge on any atom is 0.274 e. The number of aromatic nitrogens is 1. The molecule has 0 bridgehead atoms. The van der Waals surface area contributed by atoms with Crippen LogP contribution in [0.25, 0.3) is 0 Å². The summed E-state index contributed by atoms with van der Waals surface area (Å²) in [6.07, 6.45) is -2.65. The second-order valence-corrected chi connectivity index (χ2v) is 3.88. The van der Waals surface area contributed by atoms with Crippen LogP contribution in [0.5, 0.6) is 5.19 Å². The van der Waals surface area contributed by atoms with Gasteiger partial charge in [-0.3, -0.25) is 0 Å². The van der Waals surface area contributed by atoms with Crippen LogP contribution in [0.1, 0.15) is 8.22 Å². The molecule has 1 aromatic heterocycles. The van der Waals surface area contributed by atoms with Gasteiger partial charge in [-0.15, -0.1) is 0 Å². The van der Waals surface area contributed by atoms with E-state index in [1.165, 1.54) is 0 Å². The van der Waals surface area contributed by atoms with Crippen molar-refractivity contribution in [2.24, 2.45) is 0 Å². The van der Waals surface area contributed by atoms with Gasteiger partial charge in [0.05, 0.1) is 31.3 Å². The van der Waals surface area contributed by atoms with E-state index in [0.29, 0.717) is 3.79 Å². The van der Waals surface area contributed by atoms with E-state index < -0.39 is 19.2 Å². The van der Waals surface area contributed by atoms with Crippen LogP contribution >= 0.6 is 27.3 Å². The maximum atomic E-state index is 7.68. The van der Waals surface area contributed by atoms with Crippen LogP contribution in [0.3, 0.4) is 0 Å². The van der Waals surface area contributed by atoms with Crippen molar-refractivity contribution >= 4 is 27.3 Å². The summed E-state index contributed by atoms with van der Waals surface area (Å²) in [5.41, 5.74) is 0. The van der Waals surface area contributed by atoms with E-state index in [1.807, 2.05) is 0 Å². The minimum atomic E-state index is -2.57. The summed E-state index contributed by atoms with van der Waals surface area (Å²) in [6, 6.07) is 0. The first-order chi connectivity index (χ1) is 7.59. The Labute approximate surface area is 84.9 Å². The fraction of sp³-hybridized carbons (Fsp3) is 0.500. The third-order valence-electron chi connectivity index (χ3n) is 0.889. The molecule has 60 valence electrons. The highest BCUT2D eigenvalue weighted by Crippen LogP contribution is 2.26. The lowest BCUT2D eigenvalue weighted by Crippen LogP contribution is -2.38. The Morgan fingerprint density at radius 2 is 2.91 bits per heavy atom. The first kappa shape index (κ1) is 3.32. The summed E-state index contributed by atoms with van der Waals surface area (Å²) in [4.78, 5) is 3.62. The second-order valence-electron chi connectivity index (χ2n) is 1.60. The molecule has 11 heavy (non-hydrogen) atoms. The maximum absolute atomic E-state index is 7.68. The van der Waals surface area contributed by atoms with Crippen LogP contribution in [0.15, 0.2) is 9.96 Å². The van der Waals surface area contributed by atoms with Gasteiger partial charge in [-0.2, -0.15) is 0 Å². The van der Waals surface area contributed by atoms with Crippen LogP contribution in [-0.4, -0.2) is 24.2 Å². The highest BCUT2D eigenvalue weighted by molar-refractivity contribution is 9.11. The average Bonchev–Trinajstić information content (AvgIpc) is 2.43. The van der Waals surface area contributed by atoms with Gasteiger partial charge in [-0.25, -0.2) is 4.98 Å². The Bertz CT molecular complexity index is 432. The summed E-state index contributed by atoms with van der Waals surface area (Å²) in [7, 11) is 0. The number of halogens is 1. The van der Waals surface area contributed by atoms with Crippen molar-refractivity contribution in [3.8, 4) is 5.19 Å². The van der Waals surface area contributed by atoms with Crippen LogP contribution < -0.4 is 4.74 Å². The first-order valence-electron chi connectivity index (χ1n) is 5.61. The van der Waals surface area contributed by atoms with Crippen molar-refractivity contribution in [3.63, 3.8) is 0 Å².